The molecule has 1 unspecified atom stereocenters. The van der Waals surface area contributed by atoms with Gasteiger partial charge in [-0.25, -0.2) is 9.78 Å². The highest BCUT2D eigenvalue weighted by molar-refractivity contribution is 7.16. The maximum Gasteiger partial charge on any atom is 0.329 e. The van der Waals surface area contributed by atoms with E-state index in [0.29, 0.717) is 28.4 Å². The maximum absolute atomic E-state index is 12.7. The van der Waals surface area contributed by atoms with Crippen LogP contribution in [-0.2, 0) is 22.6 Å². The second-order valence-electron chi connectivity index (χ2n) is 7.13. The molecule has 2 aromatic heterocycles. The third kappa shape index (κ3) is 5.08. The zero-order chi connectivity index (χ0) is 22.5. The number of benzene rings is 1. The lowest BCUT2D eigenvalue weighted by Gasteiger charge is -2.21. The molecule has 0 aliphatic heterocycles. The third-order valence-corrected chi connectivity index (χ3v) is 5.62. The van der Waals surface area contributed by atoms with Crippen LogP contribution in [0.1, 0.15) is 41.8 Å². The van der Waals surface area contributed by atoms with E-state index in [1.807, 2.05) is 6.92 Å². The molecule has 0 fully saturated rings. The molecule has 3 aromatic rings. The number of aromatic nitrogens is 3. The van der Waals surface area contributed by atoms with Crippen LogP contribution in [0.4, 0.5) is 0 Å². The van der Waals surface area contributed by atoms with E-state index in [1.165, 1.54) is 29.0 Å². The Morgan fingerprint density at radius 2 is 2.00 bits per heavy atom. The zero-order valence-corrected chi connectivity index (χ0v) is 18.6. The SMILES string of the molecule is CCc1nn2c(=O)cc(COC(=O)C(NC(=O)c3ccccc3OC)C(C)C)nc2s1. The van der Waals surface area contributed by atoms with Crippen LogP contribution >= 0.6 is 11.3 Å². The lowest BCUT2D eigenvalue weighted by Crippen LogP contribution is -2.45. The normalized spacial score (nSPS) is 12.0. The van der Waals surface area contributed by atoms with Crippen LogP contribution in [-0.4, -0.2) is 39.6 Å². The summed E-state index contributed by atoms with van der Waals surface area (Å²) in [6, 6.07) is 7.16. The second kappa shape index (κ2) is 9.69. The number of carbonyl (C=O) groups excluding carboxylic acids is 2. The van der Waals surface area contributed by atoms with Gasteiger partial charge in [-0.05, 0) is 24.5 Å². The molecule has 0 bridgehead atoms. The van der Waals surface area contributed by atoms with E-state index in [2.05, 4.69) is 15.4 Å². The highest BCUT2D eigenvalue weighted by Crippen LogP contribution is 2.18. The predicted octanol–water partition coefficient (Wildman–Crippen LogP) is 2.22. The molecule has 0 spiro atoms. The minimum absolute atomic E-state index is 0.183. The molecule has 0 saturated carbocycles. The minimum atomic E-state index is -0.877. The Labute approximate surface area is 183 Å². The summed E-state index contributed by atoms with van der Waals surface area (Å²) in [5.41, 5.74) is 0.306. The summed E-state index contributed by atoms with van der Waals surface area (Å²) >= 11 is 1.31. The van der Waals surface area contributed by atoms with Crippen molar-refractivity contribution >= 4 is 28.2 Å². The van der Waals surface area contributed by atoms with Crippen molar-refractivity contribution in [3.8, 4) is 5.75 Å². The van der Waals surface area contributed by atoms with Gasteiger partial charge < -0.3 is 14.8 Å². The van der Waals surface area contributed by atoms with Gasteiger partial charge in [0.1, 0.15) is 23.4 Å². The Morgan fingerprint density at radius 1 is 1.26 bits per heavy atom. The number of nitrogens with zero attached hydrogens (tertiary/aromatic N) is 3. The molecule has 164 valence electrons. The highest BCUT2D eigenvalue weighted by atomic mass is 32.1. The smallest absolute Gasteiger partial charge is 0.329 e. The van der Waals surface area contributed by atoms with Crippen molar-refractivity contribution in [2.45, 2.75) is 39.8 Å². The average Bonchev–Trinajstić information content (AvgIpc) is 3.19. The first-order chi connectivity index (χ1) is 14.8. The number of fused-ring (bicyclic) bond motifs is 1. The van der Waals surface area contributed by atoms with Crippen LogP contribution in [0.15, 0.2) is 35.1 Å². The van der Waals surface area contributed by atoms with Crippen LogP contribution in [0.5, 0.6) is 5.75 Å². The zero-order valence-electron chi connectivity index (χ0n) is 17.7. The molecular formula is C21H24N4O5S. The first-order valence-corrected chi connectivity index (χ1v) is 10.6. The topological polar surface area (TPSA) is 112 Å². The molecule has 9 nitrogen and oxygen atoms in total. The molecule has 1 atom stereocenters. The third-order valence-electron chi connectivity index (χ3n) is 4.56. The molecule has 31 heavy (non-hydrogen) atoms. The number of hydrogen-bond donors (Lipinski definition) is 1. The van der Waals surface area contributed by atoms with E-state index in [0.717, 1.165) is 5.01 Å². The van der Waals surface area contributed by atoms with Crippen molar-refractivity contribution in [2.75, 3.05) is 7.11 Å². The van der Waals surface area contributed by atoms with Crippen LogP contribution in [0.3, 0.4) is 0 Å². The summed E-state index contributed by atoms with van der Waals surface area (Å²) in [5, 5.41) is 7.69. The number of rotatable bonds is 8. The number of amides is 1. The van der Waals surface area contributed by atoms with E-state index in [-0.39, 0.29) is 18.1 Å². The largest absolute Gasteiger partial charge is 0.496 e. The second-order valence-corrected chi connectivity index (χ2v) is 8.17. The van der Waals surface area contributed by atoms with Crippen molar-refractivity contribution < 1.29 is 19.1 Å². The summed E-state index contributed by atoms with van der Waals surface area (Å²) in [6.45, 7) is 5.36. The summed E-state index contributed by atoms with van der Waals surface area (Å²) in [7, 11) is 1.47. The quantitative estimate of drug-likeness (QED) is 0.530. The fourth-order valence-corrected chi connectivity index (χ4v) is 3.75. The van der Waals surface area contributed by atoms with E-state index >= 15 is 0 Å². The maximum atomic E-state index is 12.7. The number of para-hydroxylation sites is 1. The molecule has 0 radical (unpaired) electrons. The number of carbonyl (C=O) groups is 2. The lowest BCUT2D eigenvalue weighted by molar-refractivity contribution is -0.148. The molecule has 3 rings (SSSR count). The monoisotopic (exact) mass is 444 g/mol. The van der Waals surface area contributed by atoms with E-state index in [1.54, 1.807) is 38.1 Å². The molecule has 1 amide bonds. The van der Waals surface area contributed by atoms with Crippen LogP contribution in [0.25, 0.3) is 4.96 Å². The number of methoxy groups -OCH3 is 1. The van der Waals surface area contributed by atoms with Crippen molar-refractivity contribution in [2.24, 2.45) is 5.92 Å². The van der Waals surface area contributed by atoms with E-state index in [4.69, 9.17) is 9.47 Å². The molecule has 1 aromatic carbocycles. The van der Waals surface area contributed by atoms with Gasteiger partial charge >= 0.3 is 5.97 Å². The summed E-state index contributed by atoms with van der Waals surface area (Å²) < 4.78 is 11.8. The molecular weight excluding hydrogens is 420 g/mol. The Hall–Kier alpha value is -3.27. The molecule has 0 aliphatic rings. The van der Waals surface area contributed by atoms with Gasteiger partial charge in [-0.3, -0.25) is 9.59 Å². The van der Waals surface area contributed by atoms with Crippen molar-refractivity contribution in [3.05, 3.63) is 57.0 Å². The van der Waals surface area contributed by atoms with Gasteiger partial charge in [0.25, 0.3) is 11.5 Å². The fraction of sp³-hybridized carbons (Fsp3) is 0.381. The Bertz CT molecular complexity index is 1150. The van der Waals surface area contributed by atoms with E-state index < -0.39 is 17.9 Å². The van der Waals surface area contributed by atoms with Gasteiger partial charge in [-0.1, -0.05) is 44.2 Å². The molecule has 2 heterocycles. The lowest BCUT2D eigenvalue weighted by atomic mass is 10.0. The van der Waals surface area contributed by atoms with Gasteiger partial charge in [0.15, 0.2) is 0 Å². The van der Waals surface area contributed by atoms with Crippen molar-refractivity contribution in [1.29, 1.82) is 0 Å². The highest BCUT2D eigenvalue weighted by Gasteiger charge is 2.27. The fourth-order valence-electron chi connectivity index (χ4n) is 2.90. The van der Waals surface area contributed by atoms with Crippen LogP contribution in [0, 0.1) is 5.92 Å². The van der Waals surface area contributed by atoms with Gasteiger partial charge in [0.05, 0.1) is 18.4 Å². The van der Waals surface area contributed by atoms with Crippen molar-refractivity contribution in [3.63, 3.8) is 0 Å². The first kappa shape index (κ1) is 22.4. The van der Waals surface area contributed by atoms with Crippen LogP contribution < -0.4 is 15.6 Å². The predicted molar refractivity (Wildman–Crippen MR) is 115 cm³/mol. The first-order valence-electron chi connectivity index (χ1n) is 9.83. The summed E-state index contributed by atoms with van der Waals surface area (Å²) in [5.74, 6) is -0.868. The van der Waals surface area contributed by atoms with Crippen molar-refractivity contribution in [1.82, 2.24) is 19.9 Å². The van der Waals surface area contributed by atoms with Gasteiger partial charge in [-0.2, -0.15) is 9.61 Å². The number of nitrogens with one attached hydrogen (secondary N) is 1. The molecule has 0 aliphatic carbocycles. The van der Waals surface area contributed by atoms with E-state index in [9.17, 15) is 14.4 Å². The Balaban J connectivity index is 1.72. The number of ether oxygens (including phenoxy) is 2. The average molecular weight is 445 g/mol. The van der Waals surface area contributed by atoms with Gasteiger partial charge in [0, 0.05) is 6.07 Å². The molecule has 10 heteroatoms. The Kier molecular flexibility index (Phi) is 7.01. The van der Waals surface area contributed by atoms with Gasteiger partial charge in [0.2, 0.25) is 4.96 Å². The minimum Gasteiger partial charge on any atom is -0.496 e. The Morgan fingerprint density at radius 3 is 2.68 bits per heavy atom. The number of hydrogen-bond acceptors (Lipinski definition) is 8. The molecule has 0 saturated heterocycles. The van der Waals surface area contributed by atoms with Gasteiger partial charge in [-0.15, -0.1) is 0 Å². The number of esters is 1. The summed E-state index contributed by atoms with van der Waals surface area (Å²) in [4.78, 5) is 42.4. The number of aryl methyl sites for hydroxylation is 1. The standard InChI is InChI=1S/C21H24N4O5S/c1-5-16-24-25-17(26)10-13(22-21(25)31-16)11-30-20(28)18(12(2)3)23-19(27)14-8-6-7-9-15(14)29-4/h6-10,12,18H,5,11H2,1-4H3,(H,23,27). The molecule has 1 N–H and O–H groups in total. The van der Waals surface area contributed by atoms with Crippen LogP contribution in [0.2, 0.25) is 0 Å². The summed E-state index contributed by atoms with van der Waals surface area (Å²) in [6.07, 6.45) is 0.694.